The Hall–Kier alpha value is -1.31. The number of nitrogens with two attached hydrogens (primary N) is 1. The highest BCUT2D eigenvalue weighted by atomic mass is 32.1. The van der Waals surface area contributed by atoms with Crippen LogP contribution < -0.4 is 5.73 Å². The molecule has 92 valence electrons. The monoisotopic (exact) mass is 275 g/mol. The van der Waals surface area contributed by atoms with Gasteiger partial charge in [0.2, 0.25) is 0 Å². The van der Waals surface area contributed by atoms with Crippen LogP contribution in [0, 0.1) is 0 Å². The van der Waals surface area contributed by atoms with E-state index in [0.717, 1.165) is 11.4 Å². The van der Waals surface area contributed by atoms with E-state index in [4.69, 9.17) is 25.0 Å². The summed E-state index contributed by atoms with van der Waals surface area (Å²) in [6.45, 7) is 0. The third kappa shape index (κ3) is 6.10. The molecule has 0 aliphatic rings. The summed E-state index contributed by atoms with van der Waals surface area (Å²) in [6.07, 6.45) is 1.74. The first kappa shape index (κ1) is 13.8. The summed E-state index contributed by atoms with van der Waals surface area (Å²) in [5, 5.41) is 2.48. The Morgan fingerprint density at radius 3 is 2.29 bits per heavy atom. The van der Waals surface area contributed by atoms with E-state index in [-0.39, 0.29) is 0 Å². The lowest BCUT2D eigenvalue weighted by Crippen LogP contribution is -1.84. The number of nitrogens with zero attached hydrogens (tertiary/aromatic N) is 2. The minimum absolute atomic E-state index is 0.579. The molecule has 2 heterocycles. The molecule has 9 heteroatoms. The minimum Gasteiger partial charge on any atom is -0.375 e. The van der Waals surface area contributed by atoms with E-state index in [2.05, 4.69) is 9.97 Å². The molecule has 0 saturated heterocycles. The van der Waals surface area contributed by atoms with Gasteiger partial charge in [-0.25, -0.2) is 9.55 Å². The maximum absolute atomic E-state index is 8.88. The maximum atomic E-state index is 8.88. The molecule has 0 bridgehead atoms. The fourth-order valence-electron chi connectivity index (χ4n) is 0.920. The molecule has 2 aromatic heterocycles. The van der Waals surface area contributed by atoms with Gasteiger partial charge in [0, 0.05) is 11.6 Å². The van der Waals surface area contributed by atoms with E-state index in [1.54, 1.807) is 6.20 Å². The molecule has 2 aromatic rings. The highest BCUT2D eigenvalue weighted by Gasteiger charge is 2.01. The van der Waals surface area contributed by atoms with Crippen LogP contribution in [0.15, 0.2) is 29.8 Å². The van der Waals surface area contributed by atoms with Crippen LogP contribution in [0.1, 0.15) is 0 Å². The first-order valence-corrected chi connectivity index (χ1v) is 6.71. The van der Waals surface area contributed by atoms with E-state index in [1.807, 2.05) is 23.6 Å². The zero-order valence-electron chi connectivity index (χ0n) is 8.46. The van der Waals surface area contributed by atoms with Crippen molar-refractivity contribution in [3.8, 4) is 11.4 Å². The second-order valence-corrected chi connectivity index (χ2v) is 4.72. The van der Waals surface area contributed by atoms with Crippen molar-refractivity contribution in [2.45, 2.75) is 0 Å². The van der Waals surface area contributed by atoms with Gasteiger partial charge < -0.3 is 20.4 Å². The Balaban J connectivity index is 0.000000249. The summed E-state index contributed by atoms with van der Waals surface area (Å²) >= 11 is 1.43. The highest BCUT2D eigenvalue weighted by molar-refractivity contribution is 7.45. The largest absolute Gasteiger partial charge is 0.466 e. The molecule has 0 unspecified atom stereocenters. The van der Waals surface area contributed by atoms with Gasteiger partial charge >= 0.3 is 7.82 Å². The molecule has 7 nitrogen and oxygen atoms in total. The average molecular weight is 275 g/mol. The maximum Gasteiger partial charge on any atom is 0.466 e. The summed E-state index contributed by atoms with van der Waals surface area (Å²) < 4.78 is 8.88. The molecule has 0 aromatic carbocycles. The predicted molar refractivity (Wildman–Crippen MR) is 64.0 cm³/mol. The molecular formula is C8H10N3O4PS. The second kappa shape index (κ2) is 5.85. The van der Waals surface area contributed by atoms with Crippen molar-refractivity contribution in [2.24, 2.45) is 0 Å². The number of aromatic nitrogens is 2. The van der Waals surface area contributed by atoms with E-state index in [9.17, 15) is 0 Å². The lowest BCUT2D eigenvalue weighted by molar-refractivity contribution is 0.275. The Labute approximate surface area is 101 Å². The molecule has 0 spiro atoms. The third-order valence-electron chi connectivity index (χ3n) is 1.45. The van der Waals surface area contributed by atoms with Crippen LogP contribution in [-0.4, -0.2) is 24.6 Å². The number of anilines is 1. The molecule has 0 radical (unpaired) electrons. The predicted octanol–water partition coefficient (Wildman–Crippen LogP) is 0.859. The SMILES string of the molecule is Nc1nc(-c2ccccn2)cs1.O=P(O)(O)O. The first-order valence-electron chi connectivity index (χ1n) is 4.27. The zero-order valence-corrected chi connectivity index (χ0v) is 10.2. The normalized spacial score (nSPS) is 10.5. The molecular weight excluding hydrogens is 265 g/mol. The topological polar surface area (TPSA) is 130 Å². The molecule has 0 aliphatic heterocycles. The summed E-state index contributed by atoms with van der Waals surface area (Å²) in [4.78, 5) is 29.8. The smallest absolute Gasteiger partial charge is 0.375 e. The number of hydrogen-bond donors (Lipinski definition) is 4. The summed E-state index contributed by atoms with van der Waals surface area (Å²) in [6, 6.07) is 5.71. The molecule has 5 N–H and O–H groups in total. The Morgan fingerprint density at radius 1 is 1.24 bits per heavy atom. The van der Waals surface area contributed by atoms with Gasteiger partial charge in [-0.15, -0.1) is 11.3 Å². The van der Waals surface area contributed by atoms with E-state index < -0.39 is 7.82 Å². The van der Waals surface area contributed by atoms with Crippen LogP contribution in [0.3, 0.4) is 0 Å². The molecule has 2 rings (SSSR count). The molecule has 0 aliphatic carbocycles. The molecule has 0 atom stereocenters. The van der Waals surface area contributed by atoms with Crippen molar-refractivity contribution in [1.29, 1.82) is 0 Å². The molecule has 0 fully saturated rings. The van der Waals surface area contributed by atoms with Crippen LogP contribution in [0.5, 0.6) is 0 Å². The van der Waals surface area contributed by atoms with Crippen LogP contribution >= 0.6 is 19.2 Å². The number of rotatable bonds is 1. The lowest BCUT2D eigenvalue weighted by Gasteiger charge is -1.91. The van der Waals surface area contributed by atoms with Crippen molar-refractivity contribution in [1.82, 2.24) is 9.97 Å². The quantitative estimate of drug-likeness (QED) is 0.568. The molecule has 0 saturated carbocycles. The number of hydrogen-bond acceptors (Lipinski definition) is 5. The van der Waals surface area contributed by atoms with Gasteiger partial charge in [0.1, 0.15) is 5.69 Å². The van der Waals surface area contributed by atoms with Gasteiger partial charge in [-0.05, 0) is 12.1 Å². The standard InChI is InChI=1S/C8H7N3S.H3O4P/c9-8-11-7(5-12-8)6-3-1-2-4-10-6;1-5(2,3)4/h1-5H,(H2,9,11);(H3,1,2,3,4). The first-order chi connectivity index (χ1) is 7.86. The second-order valence-electron chi connectivity index (χ2n) is 2.80. The summed E-state index contributed by atoms with van der Waals surface area (Å²) in [5.41, 5.74) is 7.21. The zero-order chi connectivity index (χ0) is 12.9. The Bertz CT molecular complexity index is 504. The average Bonchev–Trinajstić information content (AvgIpc) is 2.64. The van der Waals surface area contributed by atoms with Gasteiger partial charge in [0.05, 0.1) is 5.69 Å². The van der Waals surface area contributed by atoms with Crippen LogP contribution in [-0.2, 0) is 4.57 Å². The van der Waals surface area contributed by atoms with Crippen molar-refractivity contribution < 1.29 is 19.2 Å². The number of phosphoric acid groups is 1. The fourth-order valence-corrected chi connectivity index (χ4v) is 1.48. The van der Waals surface area contributed by atoms with E-state index in [0.29, 0.717) is 5.13 Å². The van der Waals surface area contributed by atoms with Gasteiger partial charge in [-0.3, -0.25) is 4.98 Å². The van der Waals surface area contributed by atoms with Crippen LogP contribution in [0.4, 0.5) is 5.13 Å². The molecule has 17 heavy (non-hydrogen) atoms. The van der Waals surface area contributed by atoms with Gasteiger partial charge in [-0.2, -0.15) is 0 Å². The van der Waals surface area contributed by atoms with Crippen LogP contribution in [0.25, 0.3) is 11.4 Å². The highest BCUT2D eigenvalue weighted by Crippen LogP contribution is 2.25. The number of nitrogen functional groups attached to an aromatic ring is 1. The van der Waals surface area contributed by atoms with Gasteiger partial charge in [0.15, 0.2) is 5.13 Å². The summed E-state index contributed by atoms with van der Waals surface area (Å²) in [5.74, 6) is 0. The van der Waals surface area contributed by atoms with E-state index >= 15 is 0 Å². The Kier molecular flexibility index (Phi) is 4.73. The van der Waals surface area contributed by atoms with Gasteiger partial charge in [-0.1, -0.05) is 6.07 Å². The van der Waals surface area contributed by atoms with E-state index in [1.165, 1.54) is 11.3 Å². The number of pyridine rings is 1. The van der Waals surface area contributed by atoms with Gasteiger partial charge in [0.25, 0.3) is 0 Å². The minimum atomic E-state index is -4.64. The van der Waals surface area contributed by atoms with Crippen molar-refractivity contribution >= 4 is 24.3 Å². The third-order valence-corrected chi connectivity index (χ3v) is 2.12. The molecule has 0 amide bonds. The van der Waals surface area contributed by atoms with Crippen molar-refractivity contribution in [2.75, 3.05) is 5.73 Å². The lowest BCUT2D eigenvalue weighted by atomic mass is 10.3. The summed E-state index contributed by atoms with van der Waals surface area (Å²) in [7, 11) is -4.64. The Morgan fingerprint density at radius 2 is 1.88 bits per heavy atom. The van der Waals surface area contributed by atoms with Crippen molar-refractivity contribution in [3.63, 3.8) is 0 Å². The number of thiazole rings is 1. The fraction of sp³-hybridized carbons (Fsp3) is 0. The van der Waals surface area contributed by atoms with Crippen molar-refractivity contribution in [3.05, 3.63) is 29.8 Å². The van der Waals surface area contributed by atoms with Crippen LogP contribution in [0.2, 0.25) is 0 Å².